The van der Waals surface area contributed by atoms with Crippen molar-refractivity contribution in [3.63, 3.8) is 0 Å². The molecule has 0 aliphatic heterocycles. The third kappa shape index (κ3) is 1.68. The minimum absolute atomic E-state index is 0.772. The molecule has 5 heteroatoms. The molecule has 2 aromatic heterocycles. The summed E-state index contributed by atoms with van der Waals surface area (Å²) in [5.74, 6) is 0.772. The van der Waals surface area contributed by atoms with Gasteiger partial charge in [-0.3, -0.25) is 9.67 Å². The van der Waals surface area contributed by atoms with Crippen LogP contribution in [0.3, 0.4) is 0 Å². The molecule has 15 heavy (non-hydrogen) atoms. The predicted octanol–water partition coefficient (Wildman–Crippen LogP) is 1.23. The van der Waals surface area contributed by atoms with Crippen LogP contribution in [0.15, 0.2) is 18.6 Å². The Labute approximate surface area is 88.2 Å². The molecule has 0 aromatic carbocycles. The number of hydrogen-bond donors (Lipinski definition) is 1. The number of nitrogens with one attached hydrogen (secondary N) is 1. The molecule has 2 heterocycles. The van der Waals surface area contributed by atoms with Crippen molar-refractivity contribution in [2.45, 2.75) is 6.92 Å². The van der Waals surface area contributed by atoms with E-state index < -0.39 is 0 Å². The van der Waals surface area contributed by atoms with Gasteiger partial charge in [-0.05, 0) is 6.92 Å². The number of anilines is 1. The summed E-state index contributed by atoms with van der Waals surface area (Å²) < 4.78 is 1.78. The average Bonchev–Trinajstić information content (AvgIpc) is 2.57. The zero-order chi connectivity index (χ0) is 10.8. The molecule has 5 nitrogen and oxygen atoms in total. The van der Waals surface area contributed by atoms with Crippen LogP contribution in [0.1, 0.15) is 5.69 Å². The molecular weight excluding hydrogens is 190 g/mol. The molecule has 0 spiro atoms. The molecule has 1 N–H and O–H groups in total. The number of rotatable bonds is 2. The van der Waals surface area contributed by atoms with Crippen molar-refractivity contribution >= 4 is 5.82 Å². The van der Waals surface area contributed by atoms with E-state index in [1.165, 1.54) is 0 Å². The molecule has 0 aliphatic rings. The maximum atomic E-state index is 4.32. The number of aryl methyl sites for hydroxylation is 2. The SMILES string of the molecule is CNc1nccnc1-c1cn(C)nc1C. The van der Waals surface area contributed by atoms with E-state index >= 15 is 0 Å². The van der Waals surface area contributed by atoms with Crippen molar-refractivity contribution in [3.05, 3.63) is 24.3 Å². The summed E-state index contributed by atoms with van der Waals surface area (Å²) >= 11 is 0. The van der Waals surface area contributed by atoms with E-state index in [4.69, 9.17) is 0 Å². The molecule has 0 fully saturated rings. The molecule has 0 unspecified atom stereocenters. The van der Waals surface area contributed by atoms with Gasteiger partial charge in [0.2, 0.25) is 0 Å². The molecule has 0 aliphatic carbocycles. The molecule has 0 radical (unpaired) electrons. The van der Waals surface area contributed by atoms with Crippen LogP contribution >= 0.6 is 0 Å². The van der Waals surface area contributed by atoms with Crippen LogP contribution in [0.25, 0.3) is 11.3 Å². The fraction of sp³-hybridized carbons (Fsp3) is 0.300. The van der Waals surface area contributed by atoms with Crippen LogP contribution < -0.4 is 5.32 Å². The van der Waals surface area contributed by atoms with Gasteiger partial charge in [0.25, 0.3) is 0 Å². The summed E-state index contributed by atoms with van der Waals surface area (Å²) in [6, 6.07) is 0. The van der Waals surface area contributed by atoms with Gasteiger partial charge in [0, 0.05) is 38.2 Å². The first-order valence-corrected chi connectivity index (χ1v) is 4.71. The zero-order valence-corrected chi connectivity index (χ0v) is 9.02. The van der Waals surface area contributed by atoms with Gasteiger partial charge < -0.3 is 5.32 Å². The molecule has 78 valence electrons. The summed E-state index contributed by atoms with van der Waals surface area (Å²) in [6.07, 6.45) is 5.30. The van der Waals surface area contributed by atoms with Crippen molar-refractivity contribution in [3.8, 4) is 11.3 Å². The van der Waals surface area contributed by atoms with Gasteiger partial charge >= 0.3 is 0 Å². The highest BCUT2D eigenvalue weighted by Gasteiger charge is 2.11. The fourth-order valence-electron chi connectivity index (χ4n) is 1.55. The Balaban J connectivity index is 2.58. The number of hydrogen-bond acceptors (Lipinski definition) is 4. The quantitative estimate of drug-likeness (QED) is 0.797. The van der Waals surface area contributed by atoms with Gasteiger partial charge in [-0.25, -0.2) is 4.98 Å². The standard InChI is InChI=1S/C10H13N5/c1-7-8(6-15(3)14-7)9-10(11-2)13-5-4-12-9/h4-6H,1-3H3,(H,11,13). The normalized spacial score (nSPS) is 10.3. The second kappa shape index (κ2) is 3.68. The van der Waals surface area contributed by atoms with E-state index in [-0.39, 0.29) is 0 Å². The smallest absolute Gasteiger partial charge is 0.152 e. The Hall–Kier alpha value is -1.91. The molecule has 2 rings (SSSR count). The van der Waals surface area contributed by atoms with E-state index in [1.807, 2.05) is 27.2 Å². The first-order valence-electron chi connectivity index (χ1n) is 4.71. The van der Waals surface area contributed by atoms with Crippen LogP contribution in [0, 0.1) is 6.92 Å². The van der Waals surface area contributed by atoms with E-state index in [2.05, 4.69) is 20.4 Å². The number of nitrogens with zero attached hydrogens (tertiary/aromatic N) is 4. The van der Waals surface area contributed by atoms with E-state index in [0.29, 0.717) is 0 Å². The highest BCUT2D eigenvalue weighted by atomic mass is 15.2. The van der Waals surface area contributed by atoms with Gasteiger partial charge in [-0.2, -0.15) is 5.10 Å². The molecule has 0 bridgehead atoms. The molecule has 2 aromatic rings. The maximum absolute atomic E-state index is 4.32. The highest BCUT2D eigenvalue weighted by Crippen LogP contribution is 2.25. The van der Waals surface area contributed by atoms with Crippen LogP contribution in [-0.2, 0) is 7.05 Å². The Bertz CT molecular complexity index is 474. The monoisotopic (exact) mass is 203 g/mol. The van der Waals surface area contributed by atoms with Gasteiger partial charge in [0.1, 0.15) is 5.69 Å². The van der Waals surface area contributed by atoms with E-state index in [9.17, 15) is 0 Å². The Morgan fingerprint density at radius 1 is 1.27 bits per heavy atom. The van der Waals surface area contributed by atoms with Crippen LogP contribution in [0.2, 0.25) is 0 Å². The summed E-state index contributed by atoms with van der Waals surface area (Å²) in [7, 11) is 3.73. The molecule has 0 saturated carbocycles. The van der Waals surface area contributed by atoms with Gasteiger partial charge in [0.15, 0.2) is 5.82 Å². The lowest BCUT2D eigenvalue weighted by atomic mass is 10.2. The van der Waals surface area contributed by atoms with Crippen LogP contribution in [0.4, 0.5) is 5.82 Å². The molecule has 0 saturated heterocycles. The highest BCUT2D eigenvalue weighted by molar-refractivity contribution is 5.72. The topological polar surface area (TPSA) is 55.6 Å². The lowest BCUT2D eigenvalue weighted by Gasteiger charge is -2.04. The zero-order valence-electron chi connectivity index (χ0n) is 9.02. The minimum Gasteiger partial charge on any atom is -0.371 e. The lowest BCUT2D eigenvalue weighted by molar-refractivity contribution is 0.756. The largest absolute Gasteiger partial charge is 0.371 e. The summed E-state index contributed by atoms with van der Waals surface area (Å²) in [5.41, 5.74) is 2.80. The molecular formula is C10H13N5. The van der Waals surface area contributed by atoms with Gasteiger partial charge in [0.05, 0.1) is 5.69 Å². The average molecular weight is 203 g/mol. The van der Waals surface area contributed by atoms with Crippen molar-refractivity contribution in [2.24, 2.45) is 7.05 Å². The van der Waals surface area contributed by atoms with E-state index in [0.717, 1.165) is 22.8 Å². The predicted molar refractivity (Wildman–Crippen MR) is 58.5 cm³/mol. The lowest BCUT2D eigenvalue weighted by Crippen LogP contribution is -1.97. The second-order valence-corrected chi connectivity index (χ2v) is 3.31. The van der Waals surface area contributed by atoms with Crippen molar-refractivity contribution in [1.82, 2.24) is 19.7 Å². The minimum atomic E-state index is 0.772. The first-order chi connectivity index (χ1) is 7.22. The van der Waals surface area contributed by atoms with Crippen LogP contribution in [-0.4, -0.2) is 26.8 Å². The Kier molecular flexibility index (Phi) is 2.37. The van der Waals surface area contributed by atoms with Gasteiger partial charge in [-0.15, -0.1) is 0 Å². The number of aromatic nitrogens is 4. The summed E-state index contributed by atoms with van der Waals surface area (Å²) in [4.78, 5) is 8.53. The summed E-state index contributed by atoms with van der Waals surface area (Å²) in [6.45, 7) is 1.96. The third-order valence-corrected chi connectivity index (χ3v) is 2.20. The fourth-order valence-corrected chi connectivity index (χ4v) is 1.55. The van der Waals surface area contributed by atoms with Crippen molar-refractivity contribution in [2.75, 3.05) is 12.4 Å². The van der Waals surface area contributed by atoms with Crippen molar-refractivity contribution < 1.29 is 0 Å². The molecule has 0 atom stereocenters. The third-order valence-electron chi connectivity index (χ3n) is 2.20. The van der Waals surface area contributed by atoms with Crippen LogP contribution in [0.5, 0.6) is 0 Å². The Morgan fingerprint density at radius 2 is 2.00 bits per heavy atom. The van der Waals surface area contributed by atoms with Crippen molar-refractivity contribution in [1.29, 1.82) is 0 Å². The second-order valence-electron chi connectivity index (χ2n) is 3.31. The van der Waals surface area contributed by atoms with E-state index in [1.54, 1.807) is 17.1 Å². The Morgan fingerprint density at radius 3 is 2.60 bits per heavy atom. The van der Waals surface area contributed by atoms with Gasteiger partial charge in [-0.1, -0.05) is 0 Å². The first kappa shape index (κ1) is 9.64. The molecule has 0 amide bonds. The maximum Gasteiger partial charge on any atom is 0.152 e. The summed E-state index contributed by atoms with van der Waals surface area (Å²) in [5, 5.41) is 7.30.